The van der Waals surface area contributed by atoms with E-state index in [1.165, 1.54) is 12.1 Å². The van der Waals surface area contributed by atoms with E-state index >= 15 is 0 Å². The summed E-state index contributed by atoms with van der Waals surface area (Å²) < 4.78 is 14.1. The smallest absolute Gasteiger partial charge is 0.196 e. The van der Waals surface area contributed by atoms with Crippen LogP contribution in [0.25, 0.3) is 0 Å². The second-order valence-electron chi connectivity index (χ2n) is 4.90. The zero-order chi connectivity index (χ0) is 15.4. The largest absolute Gasteiger partial charge is 0.383 e. The Morgan fingerprint density at radius 1 is 1.19 bits per heavy atom. The van der Waals surface area contributed by atoms with Crippen LogP contribution in [0.1, 0.15) is 19.4 Å². The Kier molecular flexibility index (Phi) is 4.98. The number of anilines is 2. The van der Waals surface area contributed by atoms with E-state index in [0.717, 1.165) is 17.3 Å². The molecular formula is C14H18FN5S. The zero-order valence-electron chi connectivity index (χ0n) is 11.9. The van der Waals surface area contributed by atoms with Gasteiger partial charge in [-0.3, -0.25) is 0 Å². The summed E-state index contributed by atoms with van der Waals surface area (Å²) in [4.78, 5) is 8.48. The molecular weight excluding hydrogens is 289 g/mol. The molecule has 1 aromatic carbocycles. The summed E-state index contributed by atoms with van der Waals surface area (Å²) in [5.74, 6) is 0.221. The molecule has 0 saturated heterocycles. The van der Waals surface area contributed by atoms with E-state index in [-0.39, 0.29) is 17.5 Å². The maximum absolute atomic E-state index is 14.1. The van der Waals surface area contributed by atoms with Crippen molar-refractivity contribution in [3.8, 4) is 0 Å². The van der Waals surface area contributed by atoms with Gasteiger partial charge in [0.15, 0.2) is 5.16 Å². The molecule has 5 nitrogen and oxygen atoms in total. The molecule has 5 N–H and O–H groups in total. The molecule has 0 radical (unpaired) electrons. The molecule has 21 heavy (non-hydrogen) atoms. The molecule has 1 aromatic heterocycles. The molecule has 0 atom stereocenters. The normalized spacial score (nSPS) is 11.0. The van der Waals surface area contributed by atoms with Gasteiger partial charge < -0.3 is 16.8 Å². The van der Waals surface area contributed by atoms with Gasteiger partial charge in [0.05, 0.1) is 4.90 Å². The van der Waals surface area contributed by atoms with Crippen LogP contribution in [0.2, 0.25) is 0 Å². The van der Waals surface area contributed by atoms with Crippen molar-refractivity contribution >= 4 is 23.4 Å². The van der Waals surface area contributed by atoms with Crippen molar-refractivity contribution in [2.75, 3.05) is 11.5 Å². The first-order valence-corrected chi connectivity index (χ1v) is 7.35. The first-order valence-electron chi connectivity index (χ1n) is 6.53. The molecule has 1 heterocycles. The monoisotopic (exact) mass is 307 g/mol. The van der Waals surface area contributed by atoms with Gasteiger partial charge in [-0.2, -0.15) is 0 Å². The number of rotatable bonds is 5. The number of hydrogen-bond acceptors (Lipinski definition) is 6. The van der Waals surface area contributed by atoms with Gasteiger partial charge in [-0.15, -0.1) is 0 Å². The third-order valence-electron chi connectivity index (χ3n) is 2.66. The van der Waals surface area contributed by atoms with Crippen molar-refractivity contribution < 1.29 is 4.39 Å². The average Bonchev–Trinajstić information content (AvgIpc) is 2.38. The van der Waals surface area contributed by atoms with Gasteiger partial charge in [0.25, 0.3) is 0 Å². The minimum atomic E-state index is -0.312. The van der Waals surface area contributed by atoms with Gasteiger partial charge in [0.1, 0.15) is 17.5 Å². The van der Waals surface area contributed by atoms with Gasteiger partial charge in [0, 0.05) is 18.7 Å². The summed E-state index contributed by atoms with van der Waals surface area (Å²) in [6.45, 7) is 4.71. The van der Waals surface area contributed by atoms with E-state index < -0.39 is 0 Å². The van der Waals surface area contributed by atoms with Crippen LogP contribution in [0, 0.1) is 5.82 Å². The Balaban J connectivity index is 2.13. The maximum Gasteiger partial charge on any atom is 0.196 e. The number of hydrogen-bond donors (Lipinski definition) is 3. The molecule has 0 spiro atoms. The highest BCUT2D eigenvalue weighted by molar-refractivity contribution is 7.99. The second kappa shape index (κ2) is 6.73. The van der Waals surface area contributed by atoms with Crippen LogP contribution in [0.4, 0.5) is 16.0 Å². The Morgan fingerprint density at radius 2 is 1.86 bits per heavy atom. The Labute approximate surface area is 127 Å². The van der Waals surface area contributed by atoms with Crippen LogP contribution in [0.15, 0.2) is 34.3 Å². The first kappa shape index (κ1) is 15.5. The predicted molar refractivity (Wildman–Crippen MR) is 83.4 cm³/mol. The van der Waals surface area contributed by atoms with Gasteiger partial charge in [-0.05, 0) is 29.5 Å². The molecule has 0 aliphatic heterocycles. The first-order chi connectivity index (χ1) is 9.94. The van der Waals surface area contributed by atoms with Crippen molar-refractivity contribution in [2.45, 2.75) is 36.5 Å². The summed E-state index contributed by atoms with van der Waals surface area (Å²) in [7, 11) is 0. The standard InChI is InChI=1S/C14H18FN5S/c1-8(2)18-7-9-3-4-11(10(15)5-9)21-14-19-12(16)6-13(17)20-14/h3-6,8,18H,7H2,1-2H3,(H4,16,17,19,20). The quantitative estimate of drug-likeness (QED) is 0.735. The Morgan fingerprint density at radius 3 is 2.43 bits per heavy atom. The van der Waals surface area contributed by atoms with Crippen molar-refractivity contribution in [3.05, 3.63) is 35.6 Å². The minimum Gasteiger partial charge on any atom is -0.383 e. The second-order valence-corrected chi connectivity index (χ2v) is 5.91. The third-order valence-corrected chi connectivity index (χ3v) is 3.57. The summed E-state index contributed by atoms with van der Waals surface area (Å²) >= 11 is 1.10. The van der Waals surface area contributed by atoms with E-state index in [0.29, 0.717) is 22.6 Å². The maximum atomic E-state index is 14.1. The fourth-order valence-electron chi connectivity index (χ4n) is 1.66. The molecule has 0 aliphatic rings. The topological polar surface area (TPSA) is 89.8 Å². The van der Waals surface area contributed by atoms with Crippen LogP contribution < -0.4 is 16.8 Å². The number of nitrogens with one attached hydrogen (secondary N) is 1. The third kappa shape index (κ3) is 4.57. The number of nitrogen functional groups attached to an aromatic ring is 2. The van der Waals surface area contributed by atoms with Crippen LogP contribution >= 0.6 is 11.8 Å². The lowest BCUT2D eigenvalue weighted by atomic mass is 10.2. The number of benzene rings is 1. The zero-order valence-corrected chi connectivity index (χ0v) is 12.7. The molecule has 112 valence electrons. The lowest BCUT2D eigenvalue weighted by molar-refractivity contribution is 0.574. The number of halogens is 1. The van der Waals surface area contributed by atoms with Crippen LogP contribution in [-0.2, 0) is 6.54 Å². The fourth-order valence-corrected chi connectivity index (χ4v) is 2.46. The van der Waals surface area contributed by atoms with Crippen molar-refractivity contribution in [1.82, 2.24) is 15.3 Å². The van der Waals surface area contributed by atoms with Gasteiger partial charge in [-0.1, -0.05) is 19.9 Å². The SMILES string of the molecule is CC(C)NCc1ccc(Sc2nc(N)cc(N)n2)c(F)c1. The Hall–Kier alpha value is -1.86. The highest BCUT2D eigenvalue weighted by atomic mass is 32.2. The molecule has 2 rings (SSSR count). The van der Waals surface area contributed by atoms with E-state index in [9.17, 15) is 4.39 Å². The number of nitrogens with zero attached hydrogens (tertiary/aromatic N) is 2. The lowest BCUT2D eigenvalue weighted by Gasteiger charge is -2.09. The average molecular weight is 307 g/mol. The van der Waals surface area contributed by atoms with Crippen molar-refractivity contribution in [2.24, 2.45) is 0 Å². The van der Waals surface area contributed by atoms with Crippen molar-refractivity contribution in [3.63, 3.8) is 0 Å². The Bertz CT molecular complexity index is 613. The molecule has 2 aromatic rings. The molecule has 0 bridgehead atoms. The summed E-state index contributed by atoms with van der Waals surface area (Å²) in [6.07, 6.45) is 0. The van der Waals surface area contributed by atoms with E-state index in [1.807, 2.05) is 19.9 Å². The highest BCUT2D eigenvalue weighted by Crippen LogP contribution is 2.28. The number of aromatic nitrogens is 2. The van der Waals surface area contributed by atoms with Crippen molar-refractivity contribution in [1.29, 1.82) is 0 Å². The minimum absolute atomic E-state index is 0.267. The highest BCUT2D eigenvalue weighted by Gasteiger charge is 2.09. The van der Waals surface area contributed by atoms with E-state index in [4.69, 9.17) is 11.5 Å². The molecule has 0 fully saturated rings. The summed E-state index contributed by atoms with van der Waals surface area (Å²) in [6, 6.07) is 6.90. The fraction of sp³-hybridized carbons (Fsp3) is 0.286. The summed E-state index contributed by atoms with van der Waals surface area (Å²) in [5.41, 5.74) is 12.1. The van der Waals surface area contributed by atoms with Gasteiger partial charge in [0.2, 0.25) is 0 Å². The molecule has 0 saturated carbocycles. The molecule has 0 unspecified atom stereocenters. The predicted octanol–water partition coefficient (Wildman–Crippen LogP) is 2.43. The van der Waals surface area contributed by atoms with E-state index in [2.05, 4.69) is 15.3 Å². The van der Waals surface area contributed by atoms with Gasteiger partial charge in [-0.25, -0.2) is 14.4 Å². The summed E-state index contributed by atoms with van der Waals surface area (Å²) in [5, 5.41) is 3.57. The van der Waals surface area contributed by atoms with Gasteiger partial charge >= 0.3 is 0 Å². The molecule has 7 heteroatoms. The van der Waals surface area contributed by atoms with Crippen LogP contribution in [0.5, 0.6) is 0 Å². The number of nitrogens with two attached hydrogens (primary N) is 2. The molecule has 0 amide bonds. The van der Waals surface area contributed by atoms with E-state index in [1.54, 1.807) is 6.07 Å². The molecule has 0 aliphatic carbocycles. The van der Waals surface area contributed by atoms with Crippen LogP contribution in [0.3, 0.4) is 0 Å². The van der Waals surface area contributed by atoms with Crippen LogP contribution in [-0.4, -0.2) is 16.0 Å². The lowest BCUT2D eigenvalue weighted by Crippen LogP contribution is -2.21.